The van der Waals surface area contributed by atoms with E-state index in [2.05, 4.69) is 38.4 Å². The minimum atomic E-state index is -0.127. The number of morpholine rings is 1. The van der Waals surface area contributed by atoms with Crippen molar-refractivity contribution in [1.29, 1.82) is 0 Å². The van der Waals surface area contributed by atoms with Crippen LogP contribution in [0.1, 0.15) is 19.3 Å². The lowest BCUT2D eigenvalue weighted by molar-refractivity contribution is -0.0214. The fraction of sp³-hybridized carbons (Fsp3) is 0.562. The van der Waals surface area contributed by atoms with Gasteiger partial charge in [-0.1, -0.05) is 28.7 Å². The van der Waals surface area contributed by atoms with E-state index in [-0.39, 0.29) is 11.7 Å². The zero-order chi connectivity index (χ0) is 15.3. The van der Waals surface area contributed by atoms with Crippen molar-refractivity contribution >= 4 is 26.7 Å². The van der Waals surface area contributed by atoms with Gasteiger partial charge in [0.05, 0.1) is 23.4 Å². The van der Waals surface area contributed by atoms with Gasteiger partial charge in [0, 0.05) is 13.1 Å². The maximum Gasteiger partial charge on any atom is 0.210 e. The Kier molecular flexibility index (Phi) is 3.14. The average molecular weight is 329 g/mol. The molecule has 6 nitrogen and oxygen atoms in total. The number of fused-ring (bicyclic) bond motifs is 2. The Morgan fingerprint density at radius 2 is 2.09 bits per heavy atom. The number of benzene rings is 1. The maximum atomic E-state index is 5.56. The summed E-state index contributed by atoms with van der Waals surface area (Å²) in [6.45, 7) is 3.48. The molecule has 1 saturated heterocycles. The number of para-hydroxylation sites is 1. The van der Waals surface area contributed by atoms with E-state index in [1.807, 2.05) is 6.07 Å². The predicted molar refractivity (Wildman–Crippen MR) is 89.7 cm³/mol. The molecule has 0 bridgehead atoms. The van der Waals surface area contributed by atoms with Gasteiger partial charge in [-0.3, -0.25) is 4.90 Å². The Bertz CT molecular complexity index is 723. The largest absolute Gasteiger partial charge is 0.379 e. The van der Waals surface area contributed by atoms with Gasteiger partial charge in [0.15, 0.2) is 0 Å². The zero-order valence-corrected chi connectivity index (χ0v) is 13.7. The number of rotatable bonds is 2. The summed E-state index contributed by atoms with van der Waals surface area (Å²) in [6, 6.07) is 8.54. The number of aromatic nitrogens is 1. The summed E-state index contributed by atoms with van der Waals surface area (Å²) in [5.41, 5.74) is 0.916. The molecule has 120 valence electrons. The standard InChI is InChI=1S/C16H19N5OS/c1-2-5-13-12(4-1)17-15(23-13)21-16(20-8-10-22-11-9-20)7-3-6-14(16)18-19-21/h1-2,4-5,14H,3,6-11H2/t14-,16-/m0/s1. The second-order valence-corrected chi connectivity index (χ2v) is 7.38. The molecule has 0 unspecified atom stereocenters. The highest BCUT2D eigenvalue weighted by atomic mass is 32.1. The van der Waals surface area contributed by atoms with Crippen LogP contribution < -0.4 is 5.01 Å². The smallest absolute Gasteiger partial charge is 0.210 e. The van der Waals surface area contributed by atoms with E-state index in [9.17, 15) is 0 Å². The van der Waals surface area contributed by atoms with Crippen LogP contribution in [-0.4, -0.2) is 47.9 Å². The highest BCUT2D eigenvalue weighted by Gasteiger charge is 2.57. The van der Waals surface area contributed by atoms with E-state index < -0.39 is 0 Å². The molecule has 1 aromatic heterocycles. The van der Waals surface area contributed by atoms with Crippen molar-refractivity contribution in [2.75, 3.05) is 31.3 Å². The second kappa shape index (κ2) is 5.22. The third-order valence-electron chi connectivity index (χ3n) is 5.23. The molecule has 1 saturated carbocycles. The molecular weight excluding hydrogens is 310 g/mol. The molecule has 0 amide bonds. The highest BCUT2D eigenvalue weighted by molar-refractivity contribution is 7.22. The van der Waals surface area contributed by atoms with Crippen LogP contribution >= 0.6 is 11.3 Å². The topological polar surface area (TPSA) is 53.3 Å². The molecule has 1 aliphatic carbocycles. The quantitative estimate of drug-likeness (QED) is 0.850. The Hall–Kier alpha value is -1.57. The first-order valence-electron chi connectivity index (χ1n) is 8.27. The van der Waals surface area contributed by atoms with Gasteiger partial charge < -0.3 is 4.74 Å². The average Bonchev–Trinajstić information content (AvgIpc) is 3.28. The van der Waals surface area contributed by atoms with Crippen molar-refractivity contribution in [3.05, 3.63) is 24.3 Å². The minimum Gasteiger partial charge on any atom is -0.379 e. The molecule has 0 radical (unpaired) electrons. The summed E-state index contributed by atoms with van der Waals surface area (Å²) in [6.07, 6.45) is 3.41. The normalized spacial score (nSPS) is 31.1. The summed E-state index contributed by atoms with van der Waals surface area (Å²) in [4.78, 5) is 7.36. The molecule has 23 heavy (non-hydrogen) atoms. The molecule has 7 heteroatoms. The Morgan fingerprint density at radius 1 is 1.22 bits per heavy atom. The van der Waals surface area contributed by atoms with Crippen LogP contribution in [0.2, 0.25) is 0 Å². The van der Waals surface area contributed by atoms with Gasteiger partial charge >= 0.3 is 0 Å². The van der Waals surface area contributed by atoms with Crippen LogP contribution in [0.5, 0.6) is 0 Å². The maximum absolute atomic E-state index is 5.56. The lowest BCUT2D eigenvalue weighted by Crippen LogP contribution is -2.63. The molecule has 2 aromatic rings. The lowest BCUT2D eigenvalue weighted by atomic mass is 10.0. The van der Waals surface area contributed by atoms with Crippen LogP contribution in [0.4, 0.5) is 5.13 Å². The van der Waals surface area contributed by atoms with Crippen molar-refractivity contribution in [3.8, 4) is 0 Å². The Balaban J connectivity index is 1.58. The molecule has 2 aliphatic heterocycles. The molecule has 1 aromatic carbocycles. The molecule has 5 rings (SSSR count). The van der Waals surface area contributed by atoms with Crippen LogP contribution in [0, 0.1) is 0 Å². The monoisotopic (exact) mass is 329 g/mol. The first-order valence-corrected chi connectivity index (χ1v) is 9.09. The number of nitrogens with zero attached hydrogens (tertiary/aromatic N) is 5. The van der Waals surface area contributed by atoms with Crippen LogP contribution in [0.15, 0.2) is 34.6 Å². The van der Waals surface area contributed by atoms with E-state index in [0.29, 0.717) is 0 Å². The summed E-state index contributed by atoms with van der Waals surface area (Å²) in [5, 5.41) is 12.2. The van der Waals surface area contributed by atoms with Gasteiger partial charge in [-0.05, 0) is 31.4 Å². The SMILES string of the molecule is c1ccc2sc(N3N=N[C@H]4CCC[C@@]43N3CCOCC3)nc2c1. The van der Waals surface area contributed by atoms with Crippen molar-refractivity contribution in [3.63, 3.8) is 0 Å². The van der Waals surface area contributed by atoms with E-state index >= 15 is 0 Å². The molecular formula is C16H19N5OS. The van der Waals surface area contributed by atoms with E-state index in [0.717, 1.165) is 49.8 Å². The Labute approximate surface area is 138 Å². The zero-order valence-electron chi connectivity index (χ0n) is 12.9. The fourth-order valence-corrected chi connectivity index (χ4v) is 5.14. The van der Waals surface area contributed by atoms with Crippen molar-refractivity contribution < 1.29 is 4.74 Å². The van der Waals surface area contributed by atoms with Gasteiger partial charge in [0.2, 0.25) is 5.13 Å². The lowest BCUT2D eigenvalue weighted by Gasteiger charge is -2.45. The minimum absolute atomic E-state index is 0.127. The molecule has 3 heterocycles. The van der Waals surface area contributed by atoms with E-state index in [1.165, 1.54) is 11.1 Å². The van der Waals surface area contributed by atoms with Crippen LogP contribution in [0.3, 0.4) is 0 Å². The summed E-state index contributed by atoms with van der Waals surface area (Å²) in [5.74, 6) is 0. The number of ether oxygens (including phenoxy) is 1. The van der Waals surface area contributed by atoms with Crippen molar-refractivity contribution in [2.45, 2.75) is 31.0 Å². The van der Waals surface area contributed by atoms with Crippen LogP contribution in [-0.2, 0) is 4.74 Å². The second-order valence-electron chi connectivity index (χ2n) is 6.37. The van der Waals surface area contributed by atoms with E-state index in [4.69, 9.17) is 9.72 Å². The highest BCUT2D eigenvalue weighted by Crippen LogP contribution is 2.48. The van der Waals surface area contributed by atoms with Gasteiger partial charge in [-0.15, -0.1) is 0 Å². The number of thiazole rings is 1. The molecule has 2 fully saturated rings. The first kappa shape index (κ1) is 13.8. The van der Waals surface area contributed by atoms with E-state index in [1.54, 1.807) is 11.3 Å². The summed E-state index contributed by atoms with van der Waals surface area (Å²) >= 11 is 1.71. The Morgan fingerprint density at radius 3 is 2.96 bits per heavy atom. The van der Waals surface area contributed by atoms with Crippen LogP contribution in [0.25, 0.3) is 10.2 Å². The third-order valence-corrected chi connectivity index (χ3v) is 6.24. The molecule has 2 atom stereocenters. The van der Waals surface area contributed by atoms with Gasteiger partial charge in [0.25, 0.3) is 0 Å². The van der Waals surface area contributed by atoms with Gasteiger partial charge in [-0.2, -0.15) is 10.1 Å². The third kappa shape index (κ3) is 1.96. The molecule has 0 N–H and O–H groups in total. The number of hydrogen-bond acceptors (Lipinski definition) is 7. The summed E-state index contributed by atoms with van der Waals surface area (Å²) in [7, 11) is 0. The number of hydrogen-bond donors (Lipinski definition) is 0. The van der Waals surface area contributed by atoms with Gasteiger partial charge in [-0.25, -0.2) is 4.98 Å². The fourth-order valence-electron chi connectivity index (χ4n) is 4.15. The number of anilines is 1. The molecule has 0 spiro atoms. The molecule has 3 aliphatic rings. The van der Waals surface area contributed by atoms with Gasteiger partial charge in [0.1, 0.15) is 11.7 Å². The predicted octanol–water partition coefficient (Wildman–Crippen LogP) is 3.06. The summed E-state index contributed by atoms with van der Waals surface area (Å²) < 4.78 is 6.76. The van der Waals surface area contributed by atoms with Crippen molar-refractivity contribution in [1.82, 2.24) is 9.88 Å². The first-order chi connectivity index (χ1) is 11.4. The van der Waals surface area contributed by atoms with Crippen molar-refractivity contribution in [2.24, 2.45) is 10.3 Å².